The molecular formula is C20H34SSn. The first-order valence-corrected chi connectivity index (χ1v) is 14.1. The van der Waals surface area contributed by atoms with Gasteiger partial charge in [-0.15, -0.1) is 0 Å². The predicted octanol–water partition coefficient (Wildman–Crippen LogP) is 5.52. The van der Waals surface area contributed by atoms with Crippen molar-refractivity contribution in [3.63, 3.8) is 0 Å². The number of rotatable bonds is 11. The Morgan fingerprint density at radius 3 is 1.86 bits per heavy atom. The fraction of sp³-hybridized carbons (Fsp3) is 0.700. The molecule has 0 aliphatic heterocycles. The summed E-state index contributed by atoms with van der Waals surface area (Å²) in [4.78, 5) is 2.48. The van der Waals surface area contributed by atoms with Crippen molar-refractivity contribution in [1.29, 1.82) is 0 Å². The van der Waals surface area contributed by atoms with Crippen molar-refractivity contribution >= 4 is 37.4 Å². The average molecular weight is 425 g/mol. The molecule has 0 aliphatic carbocycles. The number of unbranched alkanes of at least 4 members (excludes halogenated alkanes) is 3. The van der Waals surface area contributed by atoms with Gasteiger partial charge in [-0.2, -0.15) is 0 Å². The molecule has 0 unspecified atom stereocenters. The van der Waals surface area contributed by atoms with Gasteiger partial charge < -0.3 is 0 Å². The van der Waals surface area contributed by atoms with Gasteiger partial charge in [-0.25, -0.2) is 0 Å². The zero-order chi connectivity index (χ0) is 16.4. The third-order valence-corrected chi connectivity index (χ3v) is 8.05. The minimum absolute atomic E-state index is 0.423. The second-order valence-corrected chi connectivity index (χ2v) is 9.42. The quantitative estimate of drug-likeness (QED) is 0.350. The molecule has 2 radical (unpaired) electrons. The molecule has 0 amide bonds. The van der Waals surface area contributed by atoms with E-state index in [1.165, 1.54) is 57.8 Å². The van der Waals surface area contributed by atoms with Crippen LogP contribution in [0.2, 0.25) is 4.94 Å². The number of thiol groups is 1. The Hall–Kier alpha value is 0.369. The van der Waals surface area contributed by atoms with Crippen LogP contribution >= 0.6 is 12.6 Å². The van der Waals surface area contributed by atoms with E-state index in [4.69, 9.17) is 0 Å². The van der Waals surface area contributed by atoms with Crippen molar-refractivity contribution in [3.8, 4) is 0 Å². The SMILES string of the molecule is CCCCc1cc(CS)[c]([Sn][CH3])c(CCCC)c1CCCC. The van der Waals surface area contributed by atoms with Crippen molar-refractivity contribution in [1.82, 2.24) is 0 Å². The number of hydrogen-bond donors (Lipinski definition) is 1. The number of hydrogen-bond acceptors (Lipinski definition) is 1. The average Bonchev–Trinajstić information content (AvgIpc) is 2.55. The molecule has 1 aromatic carbocycles. The summed E-state index contributed by atoms with van der Waals surface area (Å²) in [5.41, 5.74) is 6.73. The van der Waals surface area contributed by atoms with Crippen LogP contribution in [0.3, 0.4) is 0 Å². The molecule has 22 heavy (non-hydrogen) atoms. The van der Waals surface area contributed by atoms with Gasteiger partial charge >= 0.3 is 155 Å². The summed E-state index contributed by atoms with van der Waals surface area (Å²) in [6.07, 6.45) is 11.8. The molecule has 0 saturated carbocycles. The number of aryl methyl sites for hydroxylation is 1. The van der Waals surface area contributed by atoms with Crippen LogP contribution in [0.1, 0.15) is 81.5 Å². The van der Waals surface area contributed by atoms with Crippen LogP contribution in [0.5, 0.6) is 0 Å². The third kappa shape index (κ3) is 5.78. The summed E-state index contributed by atoms with van der Waals surface area (Å²) < 4.78 is 1.78. The van der Waals surface area contributed by atoms with Crippen LogP contribution in [0.15, 0.2) is 6.07 Å². The second-order valence-electron chi connectivity index (χ2n) is 6.25. The maximum atomic E-state index is 4.64. The molecule has 1 aromatic rings. The fourth-order valence-electron chi connectivity index (χ4n) is 3.23. The van der Waals surface area contributed by atoms with Crippen LogP contribution < -0.4 is 3.58 Å². The Bertz CT molecular complexity index is 440. The van der Waals surface area contributed by atoms with E-state index in [9.17, 15) is 0 Å². The summed E-state index contributed by atoms with van der Waals surface area (Å²) in [5, 5.41) is 0. The van der Waals surface area contributed by atoms with Crippen molar-refractivity contribution in [3.05, 3.63) is 28.3 Å². The van der Waals surface area contributed by atoms with Gasteiger partial charge in [0, 0.05) is 0 Å². The zero-order valence-corrected chi connectivity index (χ0v) is 18.8. The van der Waals surface area contributed by atoms with Crippen LogP contribution in [0, 0.1) is 0 Å². The van der Waals surface area contributed by atoms with Crippen molar-refractivity contribution in [2.24, 2.45) is 0 Å². The van der Waals surface area contributed by atoms with E-state index in [1.54, 1.807) is 25.8 Å². The normalized spacial score (nSPS) is 11.1. The first kappa shape index (κ1) is 20.4. The van der Waals surface area contributed by atoms with Crippen molar-refractivity contribution in [2.75, 3.05) is 0 Å². The minimum atomic E-state index is -0.423. The fourth-order valence-corrected chi connectivity index (χ4v) is 6.93. The maximum absolute atomic E-state index is 4.64. The van der Waals surface area contributed by atoms with Gasteiger partial charge in [-0.1, -0.05) is 0 Å². The van der Waals surface area contributed by atoms with Gasteiger partial charge in [0.2, 0.25) is 0 Å². The van der Waals surface area contributed by atoms with Crippen LogP contribution in [0.25, 0.3) is 0 Å². The van der Waals surface area contributed by atoms with Gasteiger partial charge in [0.1, 0.15) is 0 Å². The molecule has 0 aliphatic rings. The van der Waals surface area contributed by atoms with Crippen LogP contribution in [0.4, 0.5) is 0 Å². The Morgan fingerprint density at radius 2 is 1.36 bits per heavy atom. The van der Waals surface area contributed by atoms with E-state index < -0.39 is 21.1 Å². The van der Waals surface area contributed by atoms with E-state index >= 15 is 0 Å². The molecule has 1 rings (SSSR count). The first-order chi connectivity index (χ1) is 10.7. The van der Waals surface area contributed by atoms with E-state index in [0.717, 1.165) is 5.75 Å². The summed E-state index contributed by atoms with van der Waals surface area (Å²) in [7, 11) is 0. The molecule has 0 fully saturated rings. The molecule has 0 saturated heterocycles. The van der Waals surface area contributed by atoms with Gasteiger partial charge in [0.05, 0.1) is 0 Å². The molecule has 0 N–H and O–H groups in total. The van der Waals surface area contributed by atoms with Gasteiger partial charge in [0.25, 0.3) is 0 Å². The molecule has 0 nitrogen and oxygen atoms in total. The van der Waals surface area contributed by atoms with Crippen LogP contribution in [-0.2, 0) is 25.0 Å². The molecule has 0 spiro atoms. The van der Waals surface area contributed by atoms with Gasteiger partial charge in [-0.3, -0.25) is 0 Å². The molecule has 0 atom stereocenters. The van der Waals surface area contributed by atoms with Crippen molar-refractivity contribution < 1.29 is 0 Å². The second kappa shape index (κ2) is 11.8. The summed E-state index contributed by atoms with van der Waals surface area (Å²) >= 11 is 4.22. The van der Waals surface area contributed by atoms with E-state index in [1.807, 2.05) is 0 Å². The molecule has 0 heterocycles. The predicted molar refractivity (Wildman–Crippen MR) is 106 cm³/mol. The van der Waals surface area contributed by atoms with Gasteiger partial charge in [-0.05, 0) is 0 Å². The molecule has 0 aromatic heterocycles. The Labute approximate surface area is 154 Å². The topological polar surface area (TPSA) is 0 Å². The van der Waals surface area contributed by atoms with Gasteiger partial charge in [0.15, 0.2) is 0 Å². The monoisotopic (exact) mass is 426 g/mol. The van der Waals surface area contributed by atoms with Crippen LogP contribution in [-0.4, -0.2) is 21.1 Å². The molecule has 0 bridgehead atoms. The Morgan fingerprint density at radius 1 is 0.818 bits per heavy atom. The van der Waals surface area contributed by atoms with E-state index in [-0.39, 0.29) is 0 Å². The summed E-state index contributed by atoms with van der Waals surface area (Å²) in [5.74, 6) is 0.927. The van der Waals surface area contributed by atoms with Crippen molar-refractivity contribution in [2.45, 2.75) is 89.3 Å². The Balaban J connectivity index is 3.32. The number of benzene rings is 1. The molecule has 124 valence electrons. The first-order valence-electron chi connectivity index (χ1n) is 9.18. The van der Waals surface area contributed by atoms with E-state index in [0.29, 0.717) is 0 Å². The molecular weight excluding hydrogens is 391 g/mol. The van der Waals surface area contributed by atoms with E-state index in [2.05, 4.69) is 44.4 Å². The Kier molecular flexibility index (Phi) is 11.0. The third-order valence-electron chi connectivity index (χ3n) is 4.50. The summed E-state index contributed by atoms with van der Waals surface area (Å²) in [6, 6.07) is 2.53. The molecule has 2 heteroatoms. The summed E-state index contributed by atoms with van der Waals surface area (Å²) in [6.45, 7) is 6.94. The standard InChI is InChI=1S/C19H31S.CH3.Sn/c1-4-7-10-17-13-16(15-20)14-18(11-8-5-2)19(17)12-9-6-3;;/h13,20H,4-12,15H2,1-3H3;1H3;. The zero-order valence-electron chi connectivity index (χ0n) is 15.1.